The van der Waals surface area contributed by atoms with E-state index in [4.69, 9.17) is 0 Å². The van der Waals surface area contributed by atoms with Crippen molar-refractivity contribution >= 4 is 0 Å². The molecule has 0 saturated carbocycles. The Balaban J connectivity index is 0.000000184. The third-order valence-electron chi connectivity index (χ3n) is 4.56. The summed E-state index contributed by atoms with van der Waals surface area (Å²) < 4.78 is 12.8. The quantitative estimate of drug-likeness (QED) is 0.213. The molecular formula is C28H19FIrN2-2. The molecular weight excluding hydrogens is 576 g/mol. The molecule has 0 aliphatic carbocycles. The molecule has 0 saturated heterocycles. The molecule has 5 rings (SSSR count). The molecule has 32 heavy (non-hydrogen) atoms. The zero-order valence-corrected chi connectivity index (χ0v) is 19.5. The molecule has 0 atom stereocenters. The van der Waals surface area contributed by atoms with Gasteiger partial charge in [-0.25, -0.2) is 4.39 Å². The van der Waals surface area contributed by atoms with Crippen LogP contribution in [0, 0.1) is 17.9 Å². The minimum atomic E-state index is -0.264. The molecule has 2 heterocycles. The Morgan fingerprint density at radius 3 is 2.03 bits per heavy atom. The van der Waals surface area contributed by atoms with Crippen molar-refractivity contribution in [1.29, 1.82) is 0 Å². The first-order chi connectivity index (χ1) is 15.3. The summed E-state index contributed by atoms with van der Waals surface area (Å²) in [6.45, 7) is 0. The minimum absolute atomic E-state index is 0. The number of hydrogen-bond donors (Lipinski definition) is 0. The van der Waals surface area contributed by atoms with Gasteiger partial charge >= 0.3 is 0 Å². The van der Waals surface area contributed by atoms with Crippen molar-refractivity contribution in [3.05, 3.63) is 133 Å². The Bertz CT molecular complexity index is 1180. The summed E-state index contributed by atoms with van der Waals surface area (Å²) in [6, 6.07) is 38.3. The van der Waals surface area contributed by atoms with Crippen LogP contribution >= 0.6 is 0 Å². The van der Waals surface area contributed by atoms with Crippen molar-refractivity contribution in [3.8, 4) is 33.6 Å². The van der Waals surface area contributed by atoms with Gasteiger partial charge in [-0.15, -0.1) is 65.7 Å². The van der Waals surface area contributed by atoms with Gasteiger partial charge in [0.2, 0.25) is 0 Å². The van der Waals surface area contributed by atoms with Gasteiger partial charge in [-0.3, -0.25) is 0 Å². The van der Waals surface area contributed by atoms with E-state index in [1.54, 1.807) is 12.3 Å². The number of aromatic nitrogens is 2. The van der Waals surface area contributed by atoms with Crippen LogP contribution in [-0.2, 0) is 20.1 Å². The summed E-state index contributed by atoms with van der Waals surface area (Å²) in [4.78, 5) is 8.50. The van der Waals surface area contributed by atoms with Gasteiger partial charge in [-0.1, -0.05) is 48.5 Å². The molecule has 5 aromatic rings. The fourth-order valence-electron chi connectivity index (χ4n) is 3.05. The molecule has 1 radical (unpaired) electrons. The van der Waals surface area contributed by atoms with E-state index in [9.17, 15) is 4.39 Å². The van der Waals surface area contributed by atoms with E-state index in [1.807, 2.05) is 72.9 Å². The maximum Gasteiger partial charge on any atom is 0.0418 e. The summed E-state index contributed by atoms with van der Waals surface area (Å²) in [5, 5.41) is 0. The van der Waals surface area contributed by atoms with Crippen LogP contribution in [0.3, 0.4) is 0 Å². The fourth-order valence-corrected chi connectivity index (χ4v) is 3.05. The van der Waals surface area contributed by atoms with Gasteiger partial charge < -0.3 is 9.97 Å². The number of halogens is 1. The van der Waals surface area contributed by atoms with Crippen molar-refractivity contribution in [3.63, 3.8) is 0 Å². The number of hydrogen-bond acceptors (Lipinski definition) is 2. The van der Waals surface area contributed by atoms with E-state index in [-0.39, 0.29) is 25.9 Å². The van der Waals surface area contributed by atoms with Crippen molar-refractivity contribution < 1.29 is 24.5 Å². The molecule has 0 spiro atoms. The second-order valence-electron chi connectivity index (χ2n) is 6.71. The maximum atomic E-state index is 12.8. The number of benzene rings is 3. The smallest absolute Gasteiger partial charge is 0.0418 e. The Labute approximate surface area is 201 Å². The predicted octanol–water partition coefficient (Wildman–Crippen LogP) is 6.90. The second-order valence-corrected chi connectivity index (χ2v) is 6.71. The van der Waals surface area contributed by atoms with Crippen LogP contribution in [0.4, 0.5) is 4.39 Å². The molecule has 0 bridgehead atoms. The van der Waals surface area contributed by atoms with Crippen LogP contribution in [0.2, 0.25) is 0 Å². The van der Waals surface area contributed by atoms with Gasteiger partial charge in [0.15, 0.2) is 0 Å². The molecule has 0 aliphatic heterocycles. The van der Waals surface area contributed by atoms with Gasteiger partial charge in [0, 0.05) is 38.3 Å². The average Bonchev–Trinajstić information content (AvgIpc) is 2.86. The zero-order chi connectivity index (χ0) is 21.3. The summed E-state index contributed by atoms with van der Waals surface area (Å²) in [5.74, 6) is -0.264. The van der Waals surface area contributed by atoms with E-state index in [1.165, 1.54) is 23.3 Å². The Morgan fingerprint density at radius 2 is 1.31 bits per heavy atom. The fraction of sp³-hybridized carbons (Fsp3) is 0. The molecule has 159 valence electrons. The molecule has 0 unspecified atom stereocenters. The summed E-state index contributed by atoms with van der Waals surface area (Å²) in [6.07, 6.45) is 3.52. The first kappa shape index (κ1) is 23.2. The summed E-state index contributed by atoms with van der Waals surface area (Å²) in [7, 11) is 0. The molecule has 0 N–H and O–H groups in total. The molecule has 2 nitrogen and oxygen atoms in total. The van der Waals surface area contributed by atoms with Crippen LogP contribution in [0.25, 0.3) is 33.6 Å². The average molecular weight is 595 g/mol. The maximum absolute atomic E-state index is 12.8. The molecule has 0 aliphatic rings. The molecule has 0 amide bonds. The molecule has 0 fully saturated rings. The largest absolute Gasteiger partial charge is 0.305 e. The zero-order valence-electron chi connectivity index (χ0n) is 17.1. The minimum Gasteiger partial charge on any atom is -0.305 e. The number of pyridine rings is 2. The van der Waals surface area contributed by atoms with E-state index >= 15 is 0 Å². The van der Waals surface area contributed by atoms with Crippen LogP contribution < -0.4 is 0 Å². The Morgan fingerprint density at radius 1 is 0.562 bits per heavy atom. The van der Waals surface area contributed by atoms with Gasteiger partial charge in [0.05, 0.1) is 0 Å². The second kappa shape index (κ2) is 11.8. The van der Waals surface area contributed by atoms with Gasteiger partial charge in [0.25, 0.3) is 0 Å². The summed E-state index contributed by atoms with van der Waals surface area (Å²) >= 11 is 0. The third-order valence-corrected chi connectivity index (χ3v) is 4.56. The van der Waals surface area contributed by atoms with Crippen LogP contribution in [0.15, 0.2) is 116 Å². The number of rotatable bonds is 3. The van der Waals surface area contributed by atoms with Crippen molar-refractivity contribution in [1.82, 2.24) is 9.97 Å². The molecule has 2 aromatic heterocycles. The van der Waals surface area contributed by atoms with E-state index < -0.39 is 0 Å². The normalized spacial score (nSPS) is 9.78. The van der Waals surface area contributed by atoms with Crippen molar-refractivity contribution in [2.75, 3.05) is 0 Å². The van der Waals surface area contributed by atoms with Crippen molar-refractivity contribution in [2.24, 2.45) is 0 Å². The van der Waals surface area contributed by atoms with Crippen LogP contribution in [-0.4, -0.2) is 9.97 Å². The number of nitrogens with zero attached hydrogens (tertiary/aromatic N) is 2. The van der Waals surface area contributed by atoms with Crippen LogP contribution in [0.5, 0.6) is 0 Å². The first-order valence-corrected chi connectivity index (χ1v) is 9.87. The first-order valence-electron chi connectivity index (χ1n) is 9.87. The topological polar surface area (TPSA) is 25.8 Å². The molecule has 4 heteroatoms. The predicted molar refractivity (Wildman–Crippen MR) is 122 cm³/mol. The van der Waals surface area contributed by atoms with Gasteiger partial charge in [0.1, 0.15) is 0 Å². The van der Waals surface area contributed by atoms with Crippen LogP contribution in [0.1, 0.15) is 0 Å². The van der Waals surface area contributed by atoms with E-state index in [2.05, 4.69) is 40.3 Å². The Hall–Kier alpha value is -3.46. The molecule has 3 aromatic carbocycles. The van der Waals surface area contributed by atoms with Crippen molar-refractivity contribution in [2.45, 2.75) is 0 Å². The monoisotopic (exact) mass is 595 g/mol. The Kier molecular flexibility index (Phi) is 8.56. The summed E-state index contributed by atoms with van der Waals surface area (Å²) in [5.41, 5.74) is 5.78. The third kappa shape index (κ3) is 6.27. The van der Waals surface area contributed by atoms with E-state index in [0.717, 1.165) is 17.0 Å². The van der Waals surface area contributed by atoms with Gasteiger partial charge in [-0.05, 0) is 34.6 Å². The van der Waals surface area contributed by atoms with Gasteiger partial charge in [-0.2, -0.15) is 0 Å². The SMILES string of the molecule is Fc1cc[c-]c(-c2ccccn2)c1.[Ir].[c-]1ccccc1-c1cc(-c2ccccc2)ccn1. The van der Waals surface area contributed by atoms with E-state index in [0.29, 0.717) is 5.56 Å². The standard InChI is InChI=1S/C17H12N.C11H7FN.Ir/c1-3-7-14(8-4-1)16-11-12-18-17(13-16)15-9-5-2-6-10-15;12-10-5-3-4-9(8-10)11-6-1-2-7-13-11;/h1-9,11-13H;1-3,5-8H;/q2*-1;.